The second-order valence-corrected chi connectivity index (χ2v) is 3.71. The molecule has 1 aliphatic carbocycles. The molecule has 0 amide bonds. The number of nitrogens with two attached hydrogens (primary N) is 1. The molecule has 64 valence electrons. The fourth-order valence-corrected chi connectivity index (χ4v) is 2.04. The molecule has 1 aromatic carbocycles. The van der Waals surface area contributed by atoms with Gasteiger partial charge in [-0.2, -0.15) is 0 Å². The van der Waals surface area contributed by atoms with E-state index in [0.29, 0.717) is 5.92 Å². The van der Waals surface area contributed by atoms with E-state index in [-0.39, 0.29) is 6.04 Å². The predicted molar refractivity (Wildman–Crippen MR) is 51.0 cm³/mol. The van der Waals surface area contributed by atoms with Crippen molar-refractivity contribution < 1.29 is 0 Å². The molecule has 0 saturated heterocycles. The van der Waals surface area contributed by atoms with Crippen molar-refractivity contribution in [2.45, 2.75) is 31.7 Å². The van der Waals surface area contributed by atoms with Gasteiger partial charge in [0.1, 0.15) is 0 Å². The minimum Gasteiger partial charge on any atom is -0.324 e. The Hall–Kier alpha value is -0.820. The lowest BCUT2D eigenvalue weighted by Crippen LogP contribution is -2.18. The fourth-order valence-electron chi connectivity index (χ4n) is 2.04. The van der Waals surface area contributed by atoms with E-state index in [2.05, 4.69) is 31.2 Å². The van der Waals surface area contributed by atoms with Crippen LogP contribution in [0.3, 0.4) is 0 Å². The van der Waals surface area contributed by atoms with E-state index in [4.69, 9.17) is 5.73 Å². The van der Waals surface area contributed by atoms with Crippen LogP contribution >= 0.6 is 0 Å². The molecule has 2 rings (SSSR count). The van der Waals surface area contributed by atoms with E-state index in [1.165, 1.54) is 17.5 Å². The average Bonchev–Trinajstić information content (AvgIpc) is 2.12. The first-order valence-corrected chi connectivity index (χ1v) is 4.63. The number of rotatable bonds is 0. The van der Waals surface area contributed by atoms with Crippen LogP contribution in [-0.2, 0) is 0 Å². The highest BCUT2D eigenvalue weighted by atomic mass is 14.6. The van der Waals surface area contributed by atoms with Gasteiger partial charge in [0.15, 0.2) is 0 Å². The number of fused-ring (bicyclic) bond motifs is 1. The van der Waals surface area contributed by atoms with Crippen LogP contribution in [0.4, 0.5) is 0 Å². The molecule has 0 heterocycles. The summed E-state index contributed by atoms with van der Waals surface area (Å²) in [6, 6.07) is 8.83. The molecule has 2 atom stereocenters. The lowest BCUT2D eigenvalue weighted by Gasteiger charge is -2.26. The normalized spacial score (nSPS) is 28.2. The summed E-state index contributed by atoms with van der Waals surface area (Å²) in [7, 11) is 0. The summed E-state index contributed by atoms with van der Waals surface area (Å²) in [4.78, 5) is 0. The van der Waals surface area contributed by atoms with Gasteiger partial charge in [0, 0.05) is 6.04 Å². The first-order valence-electron chi connectivity index (χ1n) is 4.63. The van der Waals surface area contributed by atoms with Crippen LogP contribution in [-0.4, -0.2) is 0 Å². The number of hydrogen-bond acceptors (Lipinski definition) is 1. The molecule has 1 aromatic rings. The predicted octanol–water partition coefficient (Wildman–Crippen LogP) is 2.58. The maximum absolute atomic E-state index is 6.01. The first-order chi connectivity index (χ1) is 5.79. The molecule has 0 saturated carbocycles. The molecule has 12 heavy (non-hydrogen) atoms. The zero-order chi connectivity index (χ0) is 8.55. The Morgan fingerprint density at radius 1 is 1.17 bits per heavy atom. The largest absolute Gasteiger partial charge is 0.324 e. The van der Waals surface area contributed by atoms with E-state index in [9.17, 15) is 0 Å². The molecule has 1 nitrogen and oxygen atoms in total. The Morgan fingerprint density at radius 2 is 1.83 bits per heavy atom. The van der Waals surface area contributed by atoms with E-state index < -0.39 is 0 Å². The van der Waals surface area contributed by atoms with Crippen LogP contribution in [0.1, 0.15) is 42.9 Å². The zero-order valence-corrected chi connectivity index (χ0v) is 7.46. The molecule has 0 unspecified atom stereocenters. The molecule has 1 aliphatic rings. The van der Waals surface area contributed by atoms with E-state index in [1.807, 2.05) is 0 Å². The molecule has 0 fully saturated rings. The third-order valence-corrected chi connectivity index (χ3v) is 2.84. The Bertz CT molecular complexity index is 251. The minimum atomic E-state index is 0.275. The minimum absolute atomic E-state index is 0.275. The molecule has 0 radical (unpaired) electrons. The van der Waals surface area contributed by atoms with E-state index >= 15 is 0 Å². The van der Waals surface area contributed by atoms with Gasteiger partial charge < -0.3 is 5.73 Å². The van der Waals surface area contributed by atoms with Gasteiger partial charge >= 0.3 is 0 Å². The standard InChI is InChI=1S/C11H15N/c1-8-6-7-11(12)10-5-3-2-4-9(8)10/h2-5,8,11H,6-7,12H2,1H3/t8-,11-/m1/s1. The number of benzene rings is 1. The van der Waals surface area contributed by atoms with Gasteiger partial charge in [-0.25, -0.2) is 0 Å². The Morgan fingerprint density at radius 3 is 2.50 bits per heavy atom. The van der Waals surface area contributed by atoms with Crippen LogP contribution in [0.15, 0.2) is 24.3 Å². The van der Waals surface area contributed by atoms with Gasteiger partial charge in [0.25, 0.3) is 0 Å². The maximum atomic E-state index is 6.01. The molecule has 1 heteroatoms. The van der Waals surface area contributed by atoms with Crippen LogP contribution in [0.25, 0.3) is 0 Å². The Kier molecular flexibility index (Phi) is 1.89. The molecule has 0 aliphatic heterocycles. The van der Waals surface area contributed by atoms with Gasteiger partial charge in [-0.3, -0.25) is 0 Å². The summed E-state index contributed by atoms with van der Waals surface area (Å²) >= 11 is 0. The second-order valence-electron chi connectivity index (χ2n) is 3.71. The summed E-state index contributed by atoms with van der Waals surface area (Å²) in [5, 5.41) is 0. The average molecular weight is 161 g/mol. The number of hydrogen-bond donors (Lipinski definition) is 1. The van der Waals surface area contributed by atoms with Crippen molar-refractivity contribution in [1.82, 2.24) is 0 Å². The quantitative estimate of drug-likeness (QED) is 0.621. The van der Waals surface area contributed by atoms with Crippen LogP contribution in [0, 0.1) is 0 Å². The summed E-state index contributed by atoms with van der Waals surface area (Å²) < 4.78 is 0. The maximum Gasteiger partial charge on any atom is 0.0297 e. The summed E-state index contributed by atoms with van der Waals surface area (Å²) in [6.45, 7) is 2.28. The SMILES string of the molecule is C[C@@H]1CC[C@@H](N)c2ccccc21. The van der Waals surface area contributed by atoms with Gasteiger partial charge in [-0.15, -0.1) is 0 Å². The van der Waals surface area contributed by atoms with Crippen molar-refractivity contribution >= 4 is 0 Å². The lowest BCUT2D eigenvalue weighted by molar-refractivity contribution is 0.513. The van der Waals surface area contributed by atoms with Gasteiger partial charge in [0.2, 0.25) is 0 Å². The molecular formula is C11H15N. The second kappa shape index (κ2) is 2.91. The third-order valence-electron chi connectivity index (χ3n) is 2.84. The Labute approximate surface area is 73.6 Å². The van der Waals surface area contributed by atoms with Gasteiger partial charge in [-0.05, 0) is 29.9 Å². The van der Waals surface area contributed by atoms with Crippen LogP contribution in [0.5, 0.6) is 0 Å². The topological polar surface area (TPSA) is 26.0 Å². The van der Waals surface area contributed by atoms with Crippen molar-refractivity contribution in [2.75, 3.05) is 0 Å². The molecule has 0 spiro atoms. The lowest BCUT2D eigenvalue weighted by atomic mass is 9.81. The smallest absolute Gasteiger partial charge is 0.0297 e. The zero-order valence-electron chi connectivity index (χ0n) is 7.46. The first kappa shape index (κ1) is 7.81. The fraction of sp³-hybridized carbons (Fsp3) is 0.455. The monoisotopic (exact) mass is 161 g/mol. The molecule has 0 bridgehead atoms. The third kappa shape index (κ3) is 1.14. The highest BCUT2D eigenvalue weighted by Gasteiger charge is 2.20. The summed E-state index contributed by atoms with van der Waals surface area (Å²) in [5.74, 6) is 0.695. The molecule has 0 aromatic heterocycles. The van der Waals surface area contributed by atoms with Crippen molar-refractivity contribution in [3.05, 3.63) is 35.4 Å². The van der Waals surface area contributed by atoms with Gasteiger partial charge in [0.05, 0.1) is 0 Å². The van der Waals surface area contributed by atoms with Crippen molar-refractivity contribution in [1.29, 1.82) is 0 Å². The Balaban J connectivity index is 2.47. The van der Waals surface area contributed by atoms with E-state index in [1.54, 1.807) is 0 Å². The van der Waals surface area contributed by atoms with Crippen LogP contribution < -0.4 is 5.73 Å². The highest BCUT2D eigenvalue weighted by Crippen LogP contribution is 2.35. The summed E-state index contributed by atoms with van der Waals surface area (Å²) in [6.07, 6.45) is 2.37. The van der Waals surface area contributed by atoms with Crippen molar-refractivity contribution in [3.8, 4) is 0 Å². The van der Waals surface area contributed by atoms with Crippen molar-refractivity contribution in [2.24, 2.45) is 5.73 Å². The van der Waals surface area contributed by atoms with Crippen molar-refractivity contribution in [3.63, 3.8) is 0 Å². The molecular weight excluding hydrogens is 146 g/mol. The van der Waals surface area contributed by atoms with E-state index in [0.717, 1.165) is 6.42 Å². The highest BCUT2D eigenvalue weighted by molar-refractivity contribution is 5.34. The molecule has 2 N–H and O–H groups in total. The van der Waals surface area contributed by atoms with Crippen LogP contribution in [0.2, 0.25) is 0 Å². The van der Waals surface area contributed by atoms with Gasteiger partial charge in [-0.1, -0.05) is 31.2 Å². The summed E-state index contributed by atoms with van der Waals surface area (Å²) in [5.41, 5.74) is 8.82.